The summed E-state index contributed by atoms with van der Waals surface area (Å²) < 4.78 is 5.88. The molecule has 1 aromatic heterocycles. The molecule has 0 bridgehead atoms. The van der Waals surface area contributed by atoms with E-state index in [2.05, 4.69) is 39.2 Å². The average Bonchev–Trinajstić information content (AvgIpc) is 3.26. The van der Waals surface area contributed by atoms with Crippen LogP contribution in [0.15, 0.2) is 28.7 Å². The molecule has 0 aliphatic carbocycles. The molecule has 1 aromatic carbocycles. The third-order valence-electron chi connectivity index (χ3n) is 6.49. The van der Waals surface area contributed by atoms with E-state index in [0.717, 1.165) is 51.1 Å². The number of likely N-dealkylation sites (tertiary alicyclic amines) is 1. The van der Waals surface area contributed by atoms with E-state index in [1.165, 1.54) is 24.8 Å². The fourth-order valence-electron chi connectivity index (χ4n) is 4.45. The van der Waals surface area contributed by atoms with Crippen LogP contribution in [0.3, 0.4) is 0 Å². The highest BCUT2D eigenvalue weighted by atomic mass is 16.4. The van der Waals surface area contributed by atoms with Crippen molar-refractivity contribution in [2.24, 2.45) is 5.92 Å². The molecule has 0 radical (unpaired) electrons. The summed E-state index contributed by atoms with van der Waals surface area (Å²) in [6, 6.07) is 9.24. The van der Waals surface area contributed by atoms with Crippen LogP contribution in [-0.2, 0) is 4.79 Å². The third kappa shape index (κ3) is 5.01. The van der Waals surface area contributed by atoms with Crippen molar-refractivity contribution in [1.82, 2.24) is 20.4 Å². The third-order valence-corrected chi connectivity index (χ3v) is 6.49. The highest BCUT2D eigenvalue weighted by Crippen LogP contribution is 2.26. The Morgan fingerprint density at radius 3 is 2.60 bits per heavy atom. The van der Waals surface area contributed by atoms with Gasteiger partial charge in [0.25, 0.3) is 0 Å². The Kier molecular flexibility index (Phi) is 6.67. The zero-order chi connectivity index (χ0) is 20.9. The molecule has 0 saturated carbocycles. The lowest BCUT2D eigenvalue weighted by molar-refractivity contribution is -0.125. The molecular weight excluding hydrogens is 378 g/mol. The van der Waals surface area contributed by atoms with Gasteiger partial charge in [0.15, 0.2) is 0 Å². The molecule has 7 heteroatoms. The lowest BCUT2D eigenvalue weighted by Gasteiger charge is -2.33. The second kappa shape index (κ2) is 9.60. The number of rotatable bonds is 6. The minimum Gasteiger partial charge on any atom is -0.403 e. The molecule has 30 heavy (non-hydrogen) atoms. The van der Waals surface area contributed by atoms with Crippen LogP contribution in [0, 0.1) is 12.8 Å². The van der Waals surface area contributed by atoms with Gasteiger partial charge in [-0.1, -0.05) is 29.2 Å². The van der Waals surface area contributed by atoms with Gasteiger partial charge in [0.1, 0.15) is 0 Å². The second-order valence-electron chi connectivity index (χ2n) is 8.69. The highest BCUT2D eigenvalue weighted by Gasteiger charge is 2.27. The van der Waals surface area contributed by atoms with Gasteiger partial charge >= 0.3 is 6.01 Å². The summed E-state index contributed by atoms with van der Waals surface area (Å²) in [5, 5.41) is 11.6. The maximum absolute atomic E-state index is 12.6. The van der Waals surface area contributed by atoms with Crippen molar-refractivity contribution in [2.45, 2.75) is 52.0 Å². The molecule has 1 N–H and O–H groups in total. The average molecular weight is 412 g/mol. The summed E-state index contributed by atoms with van der Waals surface area (Å²) in [6.07, 6.45) is 5.50. The first-order valence-electron chi connectivity index (χ1n) is 11.3. The van der Waals surface area contributed by atoms with Gasteiger partial charge in [-0.05, 0) is 58.2 Å². The maximum atomic E-state index is 12.6. The number of nitrogens with zero attached hydrogens (tertiary/aromatic N) is 4. The van der Waals surface area contributed by atoms with Gasteiger partial charge in [-0.3, -0.25) is 9.69 Å². The minimum atomic E-state index is 0.0690. The molecule has 2 saturated heterocycles. The van der Waals surface area contributed by atoms with Crippen molar-refractivity contribution >= 4 is 11.9 Å². The zero-order valence-electron chi connectivity index (χ0n) is 18.1. The summed E-state index contributed by atoms with van der Waals surface area (Å²) in [7, 11) is 0. The molecule has 2 aliphatic heterocycles. The molecule has 0 unspecified atom stereocenters. The Morgan fingerprint density at radius 1 is 1.10 bits per heavy atom. The van der Waals surface area contributed by atoms with E-state index in [0.29, 0.717) is 17.9 Å². The first kappa shape index (κ1) is 20.8. The lowest BCUT2D eigenvalue weighted by Crippen LogP contribution is -2.45. The molecule has 0 spiro atoms. The Bertz CT molecular complexity index is 826. The number of hydrogen-bond donors (Lipinski definition) is 1. The van der Waals surface area contributed by atoms with Crippen molar-refractivity contribution in [2.75, 3.05) is 37.6 Å². The van der Waals surface area contributed by atoms with Gasteiger partial charge in [0.05, 0.1) is 0 Å². The molecule has 162 valence electrons. The Morgan fingerprint density at radius 2 is 1.87 bits per heavy atom. The fourth-order valence-corrected chi connectivity index (χ4v) is 4.45. The minimum absolute atomic E-state index is 0.0690. The Labute approximate surface area is 178 Å². The molecule has 3 heterocycles. The molecule has 1 amide bonds. The van der Waals surface area contributed by atoms with Gasteiger partial charge in [-0.15, -0.1) is 5.10 Å². The fraction of sp³-hybridized carbons (Fsp3) is 0.609. The van der Waals surface area contributed by atoms with E-state index in [1.54, 1.807) is 0 Å². The predicted octanol–water partition coefficient (Wildman–Crippen LogP) is 3.25. The monoisotopic (exact) mass is 411 g/mol. The van der Waals surface area contributed by atoms with Crippen molar-refractivity contribution in [3.8, 4) is 11.5 Å². The highest BCUT2D eigenvalue weighted by molar-refractivity contribution is 5.78. The normalized spacial score (nSPS) is 21.0. The smallest absolute Gasteiger partial charge is 0.318 e. The van der Waals surface area contributed by atoms with Gasteiger partial charge in [-0.25, -0.2) is 0 Å². The number of amides is 1. The number of carbonyl (C=O) groups is 1. The summed E-state index contributed by atoms with van der Waals surface area (Å²) in [5.41, 5.74) is 2.13. The van der Waals surface area contributed by atoms with Gasteiger partial charge in [-0.2, -0.15) is 0 Å². The predicted molar refractivity (Wildman–Crippen MR) is 117 cm³/mol. The van der Waals surface area contributed by atoms with E-state index in [-0.39, 0.29) is 11.8 Å². The van der Waals surface area contributed by atoms with Crippen molar-refractivity contribution in [3.05, 3.63) is 29.8 Å². The number of aromatic nitrogens is 2. The standard InChI is InChI=1S/C23H33N5O2/c1-17-6-8-20(9-7-17)22-25-26-23(30-22)28-14-10-19(11-15-28)21(29)24-12-16-27-13-4-3-5-18(27)2/h6-9,18-19H,3-5,10-16H2,1-2H3,(H,24,29)/t18-/m1/s1. The molecule has 2 aromatic rings. The van der Waals surface area contributed by atoms with Crippen molar-refractivity contribution < 1.29 is 9.21 Å². The Hall–Kier alpha value is -2.41. The molecule has 2 fully saturated rings. The van der Waals surface area contributed by atoms with Crippen LogP contribution in [0.25, 0.3) is 11.5 Å². The lowest BCUT2D eigenvalue weighted by atomic mass is 9.96. The number of nitrogens with one attached hydrogen (secondary N) is 1. The first-order valence-corrected chi connectivity index (χ1v) is 11.3. The van der Waals surface area contributed by atoms with E-state index < -0.39 is 0 Å². The largest absolute Gasteiger partial charge is 0.403 e. The number of benzene rings is 1. The quantitative estimate of drug-likeness (QED) is 0.787. The van der Waals surface area contributed by atoms with Crippen LogP contribution in [0.1, 0.15) is 44.6 Å². The molecule has 7 nitrogen and oxygen atoms in total. The summed E-state index contributed by atoms with van der Waals surface area (Å²) in [4.78, 5) is 17.2. The van der Waals surface area contributed by atoms with Crippen molar-refractivity contribution in [1.29, 1.82) is 0 Å². The van der Waals surface area contributed by atoms with Gasteiger partial charge in [0.2, 0.25) is 11.8 Å². The molecule has 1 atom stereocenters. The summed E-state index contributed by atoms with van der Waals surface area (Å²) in [5.74, 6) is 0.793. The number of aryl methyl sites for hydroxylation is 1. The molecule has 4 rings (SSSR count). The number of anilines is 1. The first-order chi connectivity index (χ1) is 14.6. The van der Waals surface area contributed by atoms with E-state index in [1.807, 2.05) is 24.3 Å². The summed E-state index contributed by atoms with van der Waals surface area (Å²) >= 11 is 0. The van der Waals surface area contributed by atoms with Crippen molar-refractivity contribution in [3.63, 3.8) is 0 Å². The SMILES string of the molecule is Cc1ccc(-c2nnc(N3CCC(C(=O)NCCN4CCCC[C@H]4C)CC3)o2)cc1. The number of carbonyl (C=O) groups excluding carboxylic acids is 1. The van der Waals surface area contributed by atoms with Gasteiger partial charge < -0.3 is 14.6 Å². The molecular formula is C23H33N5O2. The number of hydrogen-bond acceptors (Lipinski definition) is 6. The molecule has 2 aliphatic rings. The van der Waals surface area contributed by atoms with Crippen LogP contribution in [0.4, 0.5) is 6.01 Å². The van der Waals surface area contributed by atoms with Crippen LogP contribution >= 0.6 is 0 Å². The van der Waals surface area contributed by atoms with Crippen LogP contribution in [-0.4, -0.2) is 59.8 Å². The Balaban J connectivity index is 1.23. The van der Waals surface area contributed by atoms with Crippen LogP contribution in [0.5, 0.6) is 0 Å². The maximum Gasteiger partial charge on any atom is 0.318 e. The van der Waals surface area contributed by atoms with Crippen LogP contribution < -0.4 is 10.2 Å². The number of piperidine rings is 2. The second-order valence-corrected chi connectivity index (χ2v) is 8.69. The van der Waals surface area contributed by atoms with Crippen LogP contribution in [0.2, 0.25) is 0 Å². The zero-order valence-corrected chi connectivity index (χ0v) is 18.1. The topological polar surface area (TPSA) is 74.5 Å². The van der Waals surface area contributed by atoms with E-state index >= 15 is 0 Å². The summed E-state index contributed by atoms with van der Waals surface area (Å²) in [6.45, 7) is 8.72. The van der Waals surface area contributed by atoms with E-state index in [4.69, 9.17) is 4.42 Å². The van der Waals surface area contributed by atoms with Gasteiger partial charge in [0, 0.05) is 43.7 Å². The van der Waals surface area contributed by atoms with E-state index in [9.17, 15) is 4.79 Å².